The first-order chi connectivity index (χ1) is 11.5. The summed E-state index contributed by atoms with van der Waals surface area (Å²) in [6, 6.07) is 5.79. The molecule has 0 aliphatic heterocycles. The van der Waals surface area contributed by atoms with Crippen molar-refractivity contribution in [2.45, 2.75) is 19.0 Å². The number of carbonyl (C=O) groups excluding carboxylic acids is 1. The van der Waals surface area contributed by atoms with Gasteiger partial charge in [-0.15, -0.1) is 0 Å². The van der Waals surface area contributed by atoms with E-state index < -0.39 is 0 Å². The Hall–Kier alpha value is -2.61. The predicted octanol–water partition coefficient (Wildman–Crippen LogP) is 2.00. The lowest BCUT2D eigenvalue weighted by Gasteiger charge is -2.10. The van der Waals surface area contributed by atoms with Crippen LogP contribution in [0.5, 0.6) is 0 Å². The number of amides is 1. The molecule has 1 amide bonds. The van der Waals surface area contributed by atoms with Crippen LogP contribution in [-0.4, -0.2) is 31.2 Å². The number of H-pyrrole nitrogens is 1. The smallest absolute Gasteiger partial charge is 0.278 e. The number of imidazole rings is 1. The van der Waals surface area contributed by atoms with Crippen LogP contribution >= 0.6 is 11.8 Å². The molecule has 2 heterocycles. The summed E-state index contributed by atoms with van der Waals surface area (Å²) in [6.45, 7) is 3.98. The van der Waals surface area contributed by atoms with Crippen LogP contribution < -0.4 is 10.9 Å². The molecule has 1 aromatic carbocycles. The van der Waals surface area contributed by atoms with Gasteiger partial charge in [-0.05, 0) is 31.0 Å². The van der Waals surface area contributed by atoms with Crippen molar-refractivity contribution in [1.29, 1.82) is 0 Å². The van der Waals surface area contributed by atoms with Crippen LogP contribution in [0.4, 0.5) is 5.69 Å². The topological polar surface area (TPSA) is 92.7 Å². The summed E-state index contributed by atoms with van der Waals surface area (Å²) in [7, 11) is 1.77. The molecule has 124 valence electrons. The number of anilines is 1. The van der Waals surface area contributed by atoms with Gasteiger partial charge in [-0.25, -0.2) is 9.97 Å². The first-order valence-corrected chi connectivity index (χ1v) is 8.35. The van der Waals surface area contributed by atoms with Crippen LogP contribution in [0.15, 0.2) is 34.5 Å². The summed E-state index contributed by atoms with van der Waals surface area (Å²) < 4.78 is 1.71. The third kappa shape index (κ3) is 3.05. The number of aryl methyl sites for hydroxylation is 2. The number of nitrogens with zero attached hydrogens (tertiary/aromatic N) is 3. The molecule has 0 fully saturated rings. The van der Waals surface area contributed by atoms with Crippen LogP contribution in [0.2, 0.25) is 0 Å². The number of nitrogens with one attached hydrogen (secondary N) is 2. The van der Waals surface area contributed by atoms with Crippen molar-refractivity contribution in [3.63, 3.8) is 0 Å². The second-order valence-corrected chi connectivity index (χ2v) is 6.38. The summed E-state index contributed by atoms with van der Waals surface area (Å²) in [5.41, 5.74) is 3.47. The van der Waals surface area contributed by atoms with Crippen molar-refractivity contribution >= 4 is 34.5 Å². The zero-order valence-electron chi connectivity index (χ0n) is 13.6. The summed E-state index contributed by atoms with van der Waals surface area (Å²) in [6.07, 6.45) is 1.34. The molecule has 0 saturated carbocycles. The average Bonchev–Trinajstić information content (AvgIpc) is 2.88. The number of aromatic amines is 1. The van der Waals surface area contributed by atoms with Crippen molar-refractivity contribution in [3.05, 3.63) is 46.0 Å². The molecule has 0 aliphatic carbocycles. The summed E-state index contributed by atoms with van der Waals surface area (Å²) >= 11 is 1.27. The van der Waals surface area contributed by atoms with Crippen LogP contribution in [0.3, 0.4) is 0 Å². The maximum atomic E-state index is 12.2. The van der Waals surface area contributed by atoms with E-state index in [-0.39, 0.29) is 22.7 Å². The van der Waals surface area contributed by atoms with Gasteiger partial charge in [0, 0.05) is 12.7 Å². The zero-order valence-corrected chi connectivity index (χ0v) is 14.4. The van der Waals surface area contributed by atoms with Gasteiger partial charge in [-0.3, -0.25) is 9.59 Å². The Labute approximate surface area is 142 Å². The van der Waals surface area contributed by atoms with Gasteiger partial charge in [0.2, 0.25) is 5.91 Å². The monoisotopic (exact) mass is 343 g/mol. The summed E-state index contributed by atoms with van der Waals surface area (Å²) in [5, 5.41) is 3.48. The molecule has 0 aliphatic rings. The van der Waals surface area contributed by atoms with Crippen molar-refractivity contribution in [3.8, 4) is 0 Å². The van der Waals surface area contributed by atoms with Crippen LogP contribution in [0.1, 0.15) is 11.1 Å². The summed E-state index contributed by atoms with van der Waals surface area (Å²) in [5.74, 6) is 0.0743. The fourth-order valence-corrected chi connectivity index (χ4v) is 3.09. The maximum Gasteiger partial charge on any atom is 0.278 e. The van der Waals surface area contributed by atoms with Crippen molar-refractivity contribution in [2.24, 2.45) is 7.05 Å². The van der Waals surface area contributed by atoms with Crippen molar-refractivity contribution in [1.82, 2.24) is 19.5 Å². The van der Waals surface area contributed by atoms with Gasteiger partial charge in [-0.2, -0.15) is 0 Å². The average molecular weight is 343 g/mol. The Balaban J connectivity index is 1.73. The Kier molecular flexibility index (Phi) is 4.39. The van der Waals surface area contributed by atoms with E-state index in [1.807, 2.05) is 32.0 Å². The summed E-state index contributed by atoms with van der Waals surface area (Å²) in [4.78, 5) is 34.8. The van der Waals surface area contributed by atoms with Crippen molar-refractivity contribution < 1.29 is 4.79 Å². The molecule has 7 nitrogen and oxygen atoms in total. The number of fused-ring (bicyclic) bond motifs is 1. The third-order valence-electron chi connectivity index (χ3n) is 3.83. The maximum absolute atomic E-state index is 12.2. The molecular formula is C16H17N5O2S. The van der Waals surface area contributed by atoms with E-state index >= 15 is 0 Å². The van der Waals surface area contributed by atoms with Gasteiger partial charge in [0.05, 0.1) is 12.1 Å². The van der Waals surface area contributed by atoms with Crippen LogP contribution in [0, 0.1) is 13.8 Å². The Morgan fingerprint density at radius 1 is 1.38 bits per heavy atom. The van der Waals surface area contributed by atoms with Gasteiger partial charge < -0.3 is 14.9 Å². The van der Waals surface area contributed by atoms with Crippen LogP contribution in [-0.2, 0) is 11.8 Å². The van der Waals surface area contributed by atoms with E-state index in [1.165, 1.54) is 18.1 Å². The third-order valence-corrected chi connectivity index (χ3v) is 4.86. The minimum atomic E-state index is -0.290. The fraction of sp³-hybridized carbons (Fsp3) is 0.250. The molecule has 0 bridgehead atoms. The second-order valence-electron chi connectivity index (χ2n) is 5.44. The normalized spacial score (nSPS) is 11.0. The standard InChI is InChI=1S/C16H17N5O2S/c1-9-5-4-6-11(10(9)2)19-12(22)7-24-16-20-13-14(21(16)3)17-8-18-15(13)23/h4-6,8H,7H2,1-3H3,(H,19,22)(H,17,18,23). The van der Waals surface area contributed by atoms with E-state index in [1.54, 1.807) is 11.6 Å². The number of hydrogen-bond donors (Lipinski definition) is 2. The Morgan fingerprint density at radius 2 is 2.17 bits per heavy atom. The number of hydrogen-bond acceptors (Lipinski definition) is 5. The second kappa shape index (κ2) is 6.48. The first kappa shape index (κ1) is 16.3. The molecule has 0 unspecified atom stereocenters. The van der Waals surface area contributed by atoms with Crippen LogP contribution in [0.25, 0.3) is 11.2 Å². The van der Waals surface area contributed by atoms with Gasteiger partial charge in [-0.1, -0.05) is 23.9 Å². The molecule has 0 saturated heterocycles. The number of rotatable bonds is 4. The number of thioether (sulfide) groups is 1. The van der Waals surface area contributed by atoms with E-state index in [0.29, 0.717) is 10.8 Å². The lowest BCUT2D eigenvalue weighted by atomic mass is 10.1. The predicted molar refractivity (Wildman–Crippen MR) is 94.4 cm³/mol. The zero-order chi connectivity index (χ0) is 17.3. The quantitative estimate of drug-likeness (QED) is 0.707. The molecular weight excluding hydrogens is 326 g/mol. The lowest BCUT2D eigenvalue weighted by molar-refractivity contribution is -0.113. The van der Waals surface area contributed by atoms with Gasteiger partial charge >= 0.3 is 0 Å². The molecule has 2 N–H and O–H groups in total. The van der Waals surface area contributed by atoms with E-state index in [0.717, 1.165) is 16.8 Å². The molecule has 8 heteroatoms. The molecule has 3 rings (SSSR count). The Bertz CT molecular complexity index is 976. The first-order valence-electron chi connectivity index (χ1n) is 7.36. The highest BCUT2D eigenvalue weighted by atomic mass is 32.2. The minimum Gasteiger partial charge on any atom is -0.325 e. The number of aromatic nitrogens is 4. The Morgan fingerprint density at radius 3 is 2.92 bits per heavy atom. The van der Waals surface area contributed by atoms with E-state index in [4.69, 9.17) is 0 Å². The minimum absolute atomic E-state index is 0.123. The van der Waals surface area contributed by atoms with E-state index in [2.05, 4.69) is 20.3 Å². The highest BCUT2D eigenvalue weighted by Crippen LogP contribution is 2.21. The highest BCUT2D eigenvalue weighted by Gasteiger charge is 2.14. The van der Waals surface area contributed by atoms with E-state index in [9.17, 15) is 9.59 Å². The molecule has 24 heavy (non-hydrogen) atoms. The number of carbonyl (C=O) groups is 1. The SMILES string of the molecule is Cc1cccc(NC(=O)CSc2nc3c(=O)[nH]cnc3n2C)c1C. The highest BCUT2D eigenvalue weighted by molar-refractivity contribution is 7.99. The molecule has 0 atom stereocenters. The van der Waals surface area contributed by atoms with Crippen molar-refractivity contribution in [2.75, 3.05) is 11.1 Å². The van der Waals surface area contributed by atoms with Gasteiger partial charge in [0.25, 0.3) is 5.56 Å². The lowest BCUT2D eigenvalue weighted by Crippen LogP contribution is -2.15. The molecule has 0 radical (unpaired) electrons. The largest absolute Gasteiger partial charge is 0.325 e. The fourth-order valence-electron chi connectivity index (χ4n) is 2.32. The van der Waals surface area contributed by atoms with Gasteiger partial charge in [0.15, 0.2) is 16.3 Å². The van der Waals surface area contributed by atoms with Gasteiger partial charge in [0.1, 0.15) is 0 Å². The molecule has 0 spiro atoms. The molecule has 3 aromatic rings. The number of benzene rings is 1. The molecule has 2 aromatic heterocycles.